The number of aliphatic hydroxyl groups is 1. The minimum absolute atomic E-state index is 0.0756. The Morgan fingerprint density at radius 3 is 2.57 bits per heavy atom. The van der Waals surface area contributed by atoms with Crippen LogP contribution < -0.4 is 5.32 Å². The molecule has 1 aliphatic carbocycles. The van der Waals surface area contributed by atoms with E-state index in [0.29, 0.717) is 19.3 Å². The van der Waals surface area contributed by atoms with Crippen molar-refractivity contribution in [3.63, 3.8) is 0 Å². The first-order chi connectivity index (χ1) is 6.50. The number of nitrogens with one attached hydrogen (secondary N) is 1. The second-order valence-electron chi connectivity index (χ2n) is 4.15. The van der Waals surface area contributed by atoms with E-state index >= 15 is 0 Å². The van der Waals surface area contributed by atoms with Crippen LogP contribution in [0.1, 0.15) is 33.1 Å². The van der Waals surface area contributed by atoms with Gasteiger partial charge in [0, 0.05) is 6.04 Å². The lowest BCUT2D eigenvalue weighted by Crippen LogP contribution is -2.39. The molecule has 0 aromatic heterocycles. The van der Waals surface area contributed by atoms with E-state index in [1.807, 2.05) is 13.0 Å². The minimum Gasteiger partial charge on any atom is -0.393 e. The van der Waals surface area contributed by atoms with E-state index < -0.39 is 11.5 Å². The number of hydrogen-bond donors (Lipinski definition) is 2. The van der Waals surface area contributed by atoms with Gasteiger partial charge in [0.2, 0.25) is 5.91 Å². The lowest BCUT2D eigenvalue weighted by molar-refractivity contribution is -0.125. The van der Waals surface area contributed by atoms with Crippen molar-refractivity contribution in [1.82, 2.24) is 5.32 Å². The molecule has 0 aromatic rings. The molecule has 0 bridgehead atoms. The Labute approximate surface area is 83.9 Å². The second kappa shape index (κ2) is 3.97. The van der Waals surface area contributed by atoms with E-state index in [1.165, 1.54) is 0 Å². The molecule has 0 spiro atoms. The van der Waals surface area contributed by atoms with Gasteiger partial charge in [-0.3, -0.25) is 4.79 Å². The van der Waals surface area contributed by atoms with Crippen LogP contribution >= 0.6 is 0 Å². The largest absolute Gasteiger partial charge is 0.393 e. The van der Waals surface area contributed by atoms with Crippen molar-refractivity contribution in [3.8, 4) is 6.07 Å². The van der Waals surface area contributed by atoms with Crippen LogP contribution in [0.15, 0.2) is 0 Å². The van der Waals surface area contributed by atoms with Crippen LogP contribution in [0.2, 0.25) is 0 Å². The fraction of sp³-hybridized carbons (Fsp3) is 0.800. The number of rotatable bonds is 4. The normalized spacial score (nSPS) is 21.9. The third-order valence-corrected chi connectivity index (χ3v) is 2.47. The molecule has 1 aliphatic rings. The number of hydrogen-bond acceptors (Lipinski definition) is 3. The van der Waals surface area contributed by atoms with Crippen LogP contribution in [0.5, 0.6) is 0 Å². The van der Waals surface area contributed by atoms with Gasteiger partial charge in [-0.05, 0) is 33.1 Å². The molecule has 2 atom stereocenters. The summed E-state index contributed by atoms with van der Waals surface area (Å²) in [6.45, 7) is 3.51. The Morgan fingerprint density at radius 1 is 1.64 bits per heavy atom. The van der Waals surface area contributed by atoms with Crippen LogP contribution in [-0.2, 0) is 4.79 Å². The molecule has 0 heterocycles. The minimum atomic E-state index is -0.757. The van der Waals surface area contributed by atoms with Gasteiger partial charge in [0.15, 0.2) is 0 Å². The van der Waals surface area contributed by atoms with Crippen molar-refractivity contribution in [2.45, 2.75) is 45.3 Å². The van der Waals surface area contributed by atoms with Crippen molar-refractivity contribution in [1.29, 1.82) is 5.26 Å². The highest BCUT2D eigenvalue weighted by molar-refractivity contribution is 5.88. The summed E-state index contributed by atoms with van der Waals surface area (Å²) >= 11 is 0. The molecule has 2 N–H and O–H groups in total. The zero-order valence-corrected chi connectivity index (χ0v) is 8.58. The lowest BCUT2D eigenvalue weighted by Gasteiger charge is -2.16. The predicted octanol–water partition coefficient (Wildman–Crippen LogP) is 0.566. The third-order valence-electron chi connectivity index (χ3n) is 2.47. The Morgan fingerprint density at radius 2 is 2.21 bits per heavy atom. The Hall–Kier alpha value is -1.08. The van der Waals surface area contributed by atoms with Gasteiger partial charge < -0.3 is 10.4 Å². The topological polar surface area (TPSA) is 73.1 Å². The molecule has 1 fully saturated rings. The molecular formula is C10H16N2O2. The molecular weight excluding hydrogens is 180 g/mol. The van der Waals surface area contributed by atoms with Crippen LogP contribution in [0, 0.1) is 16.7 Å². The summed E-state index contributed by atoms with van der Waals surface area (Å²) < 4.78 is 0. The molecule has 14 heavy (non-hydrogen) atoms. The average molecular weight is 196 g/mol. The van der Waals surface area contributed by atoms with Gasteiger partial charge >= 0.3 is 0 Å². The van der Waals surface area contributed by atoms with Gasteiger partial charge in [-0.2, -0.15) is 5.26 Å². The molecule has 1 amide bonds. The summed E-state index contributed by atoms with van der Waals surface area (Å²) in [5, 5.41) is 20.6. The third kappa shape index (κ3) is 2.46. The first-order valence-corrected chi connectivity index (χ1v) is 4.90. The summed E-state index contributed by atoms with van der Waals surface area (Å²) in [5.74, 6) is -0.187. The molecule has 4 heteroatoms. The van der Waals surface area contributed by atoms with Crippen molar-refractivity contribution in [3.05, 3.63) is 0 Å². The van der Waals surface area contributed by atoms with E-state index in [0.717, 1.165) is 0 Å². The highest BCUT2D eigenvalue weighted by atomic mass is 16.3. The zero-order valence-electron chi connectivity index (χ0n) is 8.58. The van der Waals surface area contributed by atoms with Gasteiger partial charge in [-0.25, -0.2) is 0 Å². The van der Waals surface area contributed by atoms with Crippen molar-refractivity contribution in [2.24, 2.45) is 5.41 Å². The van der Waals surface area contributed by atoms with E-state index in [1.54, 1.807) is 6.92 Å². The summed E-state index contributed by atoms with van der Waals surface area (Å²) in [4.78, 5) is 11.5. The second-order valence-corrected chi connectivity index (χ2v) is 4.15. The van der Waals surface area contributed by atoms with E-state index in [2.05, 4.69) is 5.32 Å². The van der Waals surface area contributed by atoms with Crippen molar-refractivity contribution < 1.29 is 9.90 Å². The quantitative estimate of drug-likeness (QED) is 0.690. The van der Waals surface area contributed by atoms with Gasteiger partial charge in [0.1, 0.15) is 5.41 Å². The molecule has 1 saturated carbocycles. The number of carbonyl (C=O) groups is 1. The molecule has 2 unspecified atom stereocenters. The number of carbonyl (C=O) groups excluding carboxylic acids is 1. The Balaban J connectivity index is 2.38. The molecule has 0 radical (unpaired) electrons. The van der Waals surface area contributed by atoms with Crippen molar-refractivity contribution >= 4 is 5.91 Å². The van der Waals surface area contributed by atoms with Gasteiger partial charge in [0.25, 0.3) is 0 Å². The molecule has 78 valence electrons. The Kier molecular flexibility index (Phi) is 3.12. The number of amides is 1. The first-order valence-electron chi connectivity index (χ1n) is 4.90. The van der Waals surface area contributed by atoms with E-state index in [9.17, 15) is 4.79 Å². The summed E-state index contributed by atoms with van der Waals surface area (Å²) in [5.41, 5.74) is -0.757. The van der Waals surface area contributed by atoms with Crippen LogP contribution in [0.3, 0.4) is 0 Å². The van der Waals surface area contributed by atoms with Gasteiger partial charge in [-0.15, -0.1) is 0 Å². The standard InChI is InChI=1S/C10H16N2O2/c1-7(5-8(2)13)12-9(14)10(6-11)3-4-10/h7-8,13H,3-5H2,1-2H3,(H,12,14). The highest BCUT2D eigenvalue weighted by Gasteiger charge is 2.50. The maximum atomic E-state index is 11.5. The van der Waals surface area contributed by atoms with E-state index in [-0.39, 0.29) is 11.9 Å². The SMILES string of the molecule is CC(O)CC(C)NC(=O)C1(C#N)CC1. The average Bonchev–Trinajstić information content (AvgIpc) is 2.82. The van der Waals surface area contributed by atoms with Gasteiger partial charge in [0.05, 0.1) is 12.2 Å². The summed E-state index contributed by atoms with van der Waals surface area (Å²) in [7, 11) is 0. The zero-order chi connectivity index (χ0) is 10.8. The molecule has 4 nitrogen and oxygen atoms in total. The van der Waals surface area contributed by atoms with Crippen LogP contribution in [0.4, 0.5) is 0 Å². The predicted molar refractivity (Wildman–Crippen MR) is 51.2 cm³/mol. The summed E-state index contributed by atoms with van der Waals surface area (Å²) in [6, 6.07) is 1.96. The fourth-order valence-corrected chi connectivity index (χ4v) is 1.45. The molecule has 0 aliphatic heterocycles. The lowest BCUT2D eigenvalue weighted by atomic mass is 10.1. The van der Waals surface area contributed by atoms with Crippen molar-refractivity contribution in [2.75, 3.05) is 0 Å². The monoisotopic (exact) mass is 196 g/mol. The number of nitriles is 1. The molecule has 1 rings (SSSR count). The Bertz CT molecular complexity index is 264. The molecule has 0 aromatic carbocycles. The summed E-state index contributed by atoms with van der Waals surface area (Å²) in [6.07, 6.45) is 1.42. The molecule has 0 saturated heterocycles. The number of aliphatic hydroxyl groups excluding tert-OH is 1. The maximum Gasteiger partial charge on any atom is 0.240 e. The number of nitrogens with zero attached hydrogens (tertiary/aromatic N) is 1. The van der Waals surface area contributed by atoms with Crippen LogP contribution in [-0.4, -0.2) is 23.2 Å². The smallest absolute Gasteiger partial charge is 0.240 e. The fourth-order valence-electron chi connectivity index (χ4n) is 1.45. The van der Waals surface area contributed by atoms with Crippen LogP contribution in [0.25, 0.3) is 0 Å². The van der Waals surface area contributed by atoms with E-state index in [4.69, 9.17) is 10.4 Å². The maximum absolute atomic E-state index is 11.5. The van der Waals surface area contributed by atoms with Gasteiger partial charge in [-0.1, -0.05) is 0 Å². The highest BCUT2D eigenvalue weighted by Crippen LogP contribution is 2.45. The first kappa shape index (κ1) is 11.0.